The van der Waals surface area contributed by atoms with Gasteiger partial charge in [-0.15, -0.1) is 0 Å². The van der Waals surface area contributed by atoms with Crippen molar-refractivity contribution in [2.75, 3.05) is 13.2 Å². The Morgan fingerprint density at radius 3 is 2.33 bits per heavy atom. The van der Waals surface area contributed by atoms with Gasteiger partial charge in [0.05, 0.1) is 13.2 Å². The number of hydrogen-bond donors (Lipinski definition) is 1. The fourth-order valence-corrected chi connectivity index (χ4v) is 5.30. The Hall–Kier alpha value is -0.193. The first-order valence-corrected chi connectivity index (χ1v) is 9.19. The van der Waals surface area contributed by atoms with Crippen LogP contribution in [0, 0.1) is 0 Å². The minimum atomic E-state index is -4.61. The van der Waals surface area contributed by atoms with Crippen molar-refractivity contribution in [1.29, 1.82) is 0 Å². The van der Waals surface area contributed by atoms with Gasteiger partial charge in [0.15, 0.2) is 4.99 Å². The summed E-state index contributed by atoms with van der Waals surface area (Å²) in [6, 6.07) is 3.23. The Morgan fingerprint density at radius 2 is 1.95 bits per heavy atom. The van der Waals surface area contributed by atoms with E-state index in [0.29, 0.717) is 5.56 Å². The van der Waals surface area contributed by atoms with Gasteiger partial charge in [0, 0.05) is 18.8 Å². The smallest absolute Gasteiger partial charge is 1.00 e. The summed E-state index contributed by atoms with van der Waals surface area (Å²) in [6.07, 6.45) is 2.75. The molecule has 1 atom stereocenters. The number of nitrogens with zero attached hydrogens (tertiary/aromatic N) is 1. The molecule has 0 radical (unpaired) electrons. The third kappa shape index (κ3) is 6.21. The molecule has 0 saturated heterocycles. The predicted molar refractivity (Wildman–Crippen MR) is 75.2 cm³/mol. The van der Waals surface area contributed by atoms with Crippen LogP contribution in [0.15, 0.2) is 24.5 Å². The fourth-order valence-electron chi connectivity index (χ4n) is 1.66. The van der Waals surface area contributed by atoms with Gasteiger partial charge in [-0.25, -0.2) is 0 Å². The van der Waals surface area contributed by atoms with Gasteiger partial charge in [-0.05, 0) is 25.5 Å². The van der Waals surface area contributed by atoms with Crippen LogP contribution < -0.4 is 18.9 Å². The second-order valence-corrected chi connectivity index (χ2v) is 8.08. The minimum Gasteiger partial charge on any atom is -1.00 e. The number of pyridine rings is 1. The van der Waals surface area contributed by atoms with Gasteiger partial charge >= 0.3 is 26.5 Å². The molecule has 21 heavy (non-hydrogen) atoms. The third-order valence-corrected chi connectivity index (χ3v) is 7.00. The number of aromatic nitrogens is 1. The van der Waals surface area contributed by atoms with E-state index >= 15 is 0 Å². The van der Waals surface area contributed by atoms with Crippen LogP contribution in [0.1, 0.15) is 20.8 Å². The van der Waals surface area contributed by atoms with Crippen LogP contribution in [-0.2, 0) is 30.2 Å². The molecule has 1 rings (SSSR count). The van der Waals surface area contributed by atoms with E-state index in [9.17, 15) is 17.5 Å². The molecule has 0 bridgehead atoms. The predicted octanol–water partition coefficient (Wildman–Crippen LogP) is -0.779. The fraction of sp³-hybridized carbons (Fsp3) is 0.545. The molecule has 0 aliphatic rings. The van der Waals surface area contributed by atoms with Crippen molar-refractivity contribution in [1.82, 2.24) is 4.98 Å². The van der Waals surface area contributed by atoms with E-state index in [4.69, 9.17) is 9.05 Å². The first-order chi connectivity index (χ1) is 9.33. The zero-order valence-corrected chi connectivity index (χ0v) is 14.0. The maximum Gasteiger partial charge on any atom is 1.00 e. The summed E-state index contributed by atoms with van der Waals surface area (Å²) >= 11 is 0. The Bertz CT molecular complexity index is 563. The van der Waals surface area contributed by atoms with Crippen molar-refractivity contribution >= 4 is 17.7 Å². The molecular weight excluding hydrogens is 312 g/mol. The molecule has 0 amide bonds. The van der Waals surface area contributed by atoms with Crippen molar-refractivity contribution in [2.45, 2.75) is 25.3 Å². The van der Waals surface area contributed by atoms with E-state index in [-0.39, 0.29) is 39.9 Å². The Kier molecular flexibility index (Phi) is 8.98. The van der Waals surface area contributed by atoms with E-state index in [2.05, 4.69) is 4.98 Å². The maximum atomic E-state index is 12.6. The average molecular weight is 331 g/mol. The Balaban J connectivity index is 0. The van der Waals surface area contributed by atoms with Gasteiger partial charge in [-0.1, -0.05) is 6.07 Å². The molecule has 1 unspecified atom stereocenters. The van der Waals surface area contributed by atoms with Crippen LogP contribution in [0.5, 0.6) is 0 Å². The zero-order valence-electron chi connectivity index (χ0n) is 13.3. The molecule has 7 nitrogen and oxygen atoms in total. The standard InChI is InChI=1S/C11H18NO6PS.Li.H/c1-3-17-19(13,18-4-2)11(20(14,15)16)8-10-6-5-7-12-9-10;;/h5-7,9,11H,3-4,8H2,1-2H3,(H,14,15,16);;/q;+1;-1. The average Bonchev–Trinajstić information content (AvgIpc) is 2.36. The quantitative estimate of drug-likeness (QED) is 0.379. The monoisotopic (exact) mass is 331 g/mol. The first kappa shape index (κ1) is 20.8. The Morgan fingerprint density at radius 1 is 1.38 bits per heavy atom. The summed E-state index contributed by atoms with van der Waals surface area (Å²) in [6.45, 7) is 3.15. The zero-order chi connectivity index (χ0) is 15.2. The van der Waals surface area contributed by atoms with Gasteiger partial charge in [-0.3, -0.25) is 14.1 Å². The van der Waals surface area contributed by atoms with Crippen molar-refractivity contribution in [3.8, 4) is 0 Å². The van der Waals surface area contributed by atoms with Crippen molar-refractivity contribution in [3.63, 3.8) is 0 Å². The molecule has 116 valence electrons. The van der Waals surface area contributed by atoms with Crippen molar-refractivity contribution in [2.24, 2.45) is 0 Å². The van der Waals surface area contributed by atoms with Crippen LogP contribution in [0.2, 0.25) is 0 Å². The van der Waals surface area contributed by atoms with Crippen LogP contribution in [-0.4, -0.2) is 36.2 Å². The molecule has 1 aromatic rings. The minimum absolute atomic E-state index is 0. The normalized spacial score (nSPS) is 13.5. The SMILES string of the molecule is CCOP(=O)(OCC)C(Cc1cccnc1)S(=O)(=O)O.[H-].[Li+]. The molecular formula is C11H19LiNO6PS. The first-order valence-electron chi connectivity index (χ1n) is 6.07. The van der Waals surface area contributed by atoms with E-state index in [1.54, 1.807) is 26.0 Å². The molecule has 1 heterocycles. The molecule has 0 fully saturated rings. The third-order valence-electron chi connectivity index (χ3n) is 2.45. The number of hydrogen-bond acceptors (Lipinski definition) is 6. The molecule has 0 aliphatic carbocycles. The van der Waals surface area contributed by atoms with Gasteiger partial charge in [0.1, 0.15) is 0 Å². The summed E-state index contributed by atoms with van der Waals surface area (Å²) < 4.78 is 55.0. The summed E-state index contributed by atoms with van der Waals surface area (Å²) in [5, 5.41) is 0. The van der Waals surface area contributed by atoms with Crippen LogP contribution >= 0.6 is 7.60 Å². The van der Waals surface area contributed by atoms with E-state index in [1.807, 2.05) is 0 Å². The second-order valence-electron chi connectivity index (χ2n) is 3.91. The molecule has 0 aromatic carbocycles. The van der Waals surface area contributed by atoms with Crippen LogP contribution in [0.3, 0.4) is 0 Å². The topological polar surface area (TPSA) is 103 Å². The Labute approximate surface area is 138 Å². The molecule has 1 N–H and O–H groups in total. The van der Waals surface area contributed by atoms with Crippen molar-refractivity contribution in [3.05, 3.63) is 30.1 Å². The molecule has 0 saturated carbocycles. The largest absolute Gasteiger partial charge is 1.00 e. The van der Waals surface area contributed by atoms with Gasteiger partial charge < -0.3 is 10.5 Å². The number of rotatable bonds is 8. The van der Waals surface area contributed by atoms with Crippen molar-refractivity contribution < 1.29 is 46.9 Å². The van der Waals surface area contributed by atoms with E-state index in [0.717, 1.165) is 0 Å². The van der Waals surface area contributed by atoms with Crippen LogP contribution in [0.4, 0.5) is 0 Å². The molecule has 1 aromatic heterocycles. The summed E-state index contributed by atoms with van der Waals surface area (Å²) in [5.74, 6) is 0. The van der Waals surface area contributed by atoms with Gasteiger partial charge in [0.2, 0.25) is 0 Å². The molecule has 10 heteroatoms. The van der Waals surface area contributed by atoms with Gasteiger partial charge in [-0.2, -0.15) is 8.42 Å². The van der Waals surface area contributed by atoms with E-state index in [1.165, 1.54) is 12.4 Å². The van der Waals surface area contributed by atoms with E-state index < -0.39 is 22.7 Å². The molecule has 0 aliphatic heterocycles. The molecule has 0 spiro atoms. The summed E-state index contributed by atoms with van der Waals surface area (Å²) in [7, 11) is -8.59. The second kappa shape index (κ2) is 9.06. The maximum absolute atomic E-state index is 12.6. The summed E-state index contributed by atoms with van der Waals surface area (Å²) in [5.41, 5.74) is 0.509. The summed E-state index contributed by atoms with van der Waals surface area (Å²) in [4.78, 5) is 2.18. The van der Waals surface area contributed by atoms with Crippen LogP contribution in [0.25, 0.3) is 0 Å². The van der Waals surface area contributed by atoms with Gasteiger partial charge in [0.25, 0.3) is 10.1 Å².